The van der Waals surface area contributed by atoms with Gasteiger partial charge in [0.05, 0.1) is 17.6 Å². The van der Waals surface area contributed by atoms with Gasteiger partial charge in [0.25, 0.3) is 0 Å². The fraction of sp³-hybridized carbons (Fsp3) is 0.222. The summed E-state index contributed by atoms with van der Waals surface area (Å²) in [6.45, 7) is 2.48. The molecule has 0 unspecified atom stereocenters. The Morgan fingerprint density at radius 1 is 1.12 bits per heavy atom. The minimum Gasteiger partial charge on any atom is -0.493 e. The molecule has 0 fully saturated rings. The van der Waals surface area contributed by atoms with Crippen molar-refractivity contribution in [2.24, 2.45) is 0 Å². The highest BCUT2D eigenvalue weighted by Gasteiger charge is 2.05. The Kier molecular flexibility index (Phi) is 4.65. The summed E-state index contributed by atoms with van der Waals surface area (Å²) in [5, 5.41) is 2.82. The molecule has 2 aromatic carbocycles. The molecule has 0 aliphatic heterocycles. The summed E-state index contributed by atoms with van der Waals surface area (Å²) in [5.41, 5.74) is 2.85. The van der Waals surface area contributed by atoms with E-state index in [0.29, 0.717) is 36.2 Å². The van der Waals surface area contributed by atoms with E-state index in [1.807, 2.05) is 31.2 Å². The maximum absolute atomic E-state index is 12.0. The summed E-state index contributed by atoms with van der Waals surface area (Å²) in [7, 11) is 0. The minimum absolute atomic E-state index is 0.0828. The molecule has 6 heteroatoms. The van der Waals surface area contributed by atoms with Gasteiger partial charge in [0.1, 0.15) is 5.75 Å². The van der Waals surface area contributed by atoms with Crippen molar-refractivity contribution in [1.82, 2.24) is 9.97 Å². The molecule has 0 atom stereocenters. The number of carbonyl (C=O) groups is 1. The Bertz CT molecular complexity index is 911. The topological polar surface area (TPSA) is 87.0 Å². The van der Waals surface area contributed by atoms with Gasteiger partial charge in [-0.3, -0.25) is 4.79 Å². The molecule has 0 aliphatic rings. The third-order valence-corrected chi connectivity index (χ3v) is 3.70. The summed E-state index contributed by atoms with van der Waals surface area (Å²) in [5.74, 6) is 0.764. The van der Waals surface area contributed by atoms with Crippen LogP contribution in [0.3, 0.4) is 0 Å². The van der Waals surface area contributed by atoms with Gasteiger partial charge in [-0.15, -0.1) is 0 Å². The van der Waals surface area contributed by atoms with Gasteiger partial charge in [-0.1, -0.05) is 18.2 Å². The molecule has 3 rings (SSSR count). The molecule has 124 valence electrons. The molecule has 24 heavy (non-hydrogen) atoms. The Hall–Kier alpha value is -3.02. The maximum Gasteiger partial charge on any atom is 0.323 e. The number of para-hydroxylation sites is 1. The predicted octanol–water partition coefficient (Wildman–Crippen LogP) is 2.96. The molecule has 1 amide bonds. The van der Waals surface area contributed by atoms with Crippen LogP contribution >= 0.6 is 0 Å². The number of benzene rings is 2. The van der Waals surface area contributed by atoms with Gasteiger partial charge in [-0.05, 0) is 43.2 Å². The smallest absolute Gasteiger partial charge is 0.323 e. The van der Waals surface area contributed by atoms with Crippen molar-refractivity contribution < 1.29 is 9.53 Å². The summed E-state index contributed by atoms with van der Waals surface area (Å²) < 4.78 is 5.67. The number of nitrogens with one attached hydrogen (secondary N) is 3. The normalized spacial score (nSPS) is 10.7. The van der Waals surface area contributed by atoms with Crippen LogP contribution in [0.15, 0.2) is 47.3 Å². The van der Waals surface area contributed by atoms with Gasteiger partial charge in [-0.2, -0.15) is 0 Å². The summed E-state index contributed by atoms with van der Waals surface area (Å²) in [6, 6.07) is 13.0. The SMILES string of the molecule is Cc1ccccc1OCCCC(=O)Nc1ccc2[nH]c(=O)[nH]c2c1. The maximum atomic E-state index is 12.0. The number of aryl methyl sites for hydroxylation is 1. The summed E-state index contributed by atoms with van der Waals surface area (Å²) in [4.78, 5) is 28.5. The zero-order chi connectivity index (χ0) is 16.9. The van der Waals surface area contributed by atoms with Crippen LogP contribution in [-0.4, -0.2) is 22.5 Å². The van der Waals surface area contributed by atoms with Crippen LogP contribution in [0.5, 0.6) is 5.75 Å². The number of fused-ring (bicyclic) bond motifs is 1. The summed E-state index contributed by atoms with van der Waals surface area (Å²) in [6.07, 6.45) is 0.997. The Morgan fingerprint density at radius 3 is 2.75 bits per heavy atom. The average Bonchev–Trinajstić information content (AvgIpc) is 2.92. The number of carbonyl (C=O) groups excluding carboxylic acids is 1. The number of imidazole rings is 1. The number of ether oxygens (including phenoxy) is 1. The highest BCUT2D eigenvalue weighted by molar-refractivity contribution is 5.92. The van der Waals surface area contributed by atoms with E-state index in [1.54, 1.807) is 18.2 Å². The molecule has 0 radical (unpaired) electrons. The molecule has 0 saturated heterocycles. The first-order chi connectivity index (χ1) is 11.6. The van der Waals surface area contributed by atoms with Crippen molar-refractivity contribution in [3.8, 4) is 5.75 Å². The third-order valence-electron chi connectivity index (χ3n) is 3.70. The molecule has 1 aromatic heterocycles. The summed E-state index contributed by atoms with van der Waals surface area (Å²) >= 11 is 0. The molecule has 0 aliphatic carbocycles. The van der Waals surface area contributed by atoms with Crippen molar-refractivity contribution >= 4 is 22.6 Å². The fourth-order valence-corrected chi connectivity index (χ4v) is 2.47. The number of hydrogen-bond acceptors (Lipinski definition) is 3. The second-order valence-corrected chi connectivity index (χ2v) is 5.61. The lowest BCUT2D eigenvalue weighted by Crippen LogP contribution is -2.12. The monoisotopic (exact) mass is 325 g/mol. The number of hydrogen-bond donors (Lipinski definition) is 3. The van der Waals surface area contributed by atoms with Crippen LogP contribution in [0.25, 0.3) is 11.0 Å². The van der Waals surface area contributed by atoms with Crippen molar-refractivity contribution in [3.63, 3.8) is 0 Å². The van der Waals surface area contributed by atoms with Gasteiger partial charge in [0, 0.05) is 12.1 Å². The highest BCUT2D eigenvalue weighted by atomic mass is 16.5. The van der Waals surface area contributed by atoms with Gasteiger partial charge in [-0.25, -0.2) is 4.79 Å². The van der Waals surface area contributed by atoms with Gasteiger partial charge in [0.15, 0.2) is 0 Å². The van der Waals surface area contributed by atoms with Crippen LogP contribution in [0, 0.1) is 6.92 Å². The van der Waals surface area contributed by atoms with E-state index in [1.165, 1.54) is 0 Å². The zero-order valence-electron chi connectivity index (χ0n) is 13.4. The third kappa shape index (κ3) is 3.84. The van der Waals surface area contributed by atoms with E-state index in [2.05, 4.69) is 15.3 Å². The van der Waals surface area contributed by atoms with Crippen molar-refractivity contribution in [1.29, 1.82) is 0 Å². The first-order valence-electron chi connectivity index (χ1n) is 7.82. The van der Waals surface area contributed by atoms with Crippen LogP contribution in [0.4, 0.5) is 5.69 Å². The van der Waals surface area contributed by atoms with Crippen molar-refractivity contribution in [2.45, 2.75) is 19.8 Å². The first-order valence-corrected chi connectivity index (χ1v) is 7.82. The van der Waals surface area contributed by atoms with Crippen LogP contribution in [-0.2, 0) is 4.79 Å². The van der Waals surface area contributed by atoms with E-state index in [0.717, 1.165) is 11.3 Å². The van der Waals surface area contributed by atoms with E-state index < -0.39 is 0 Å². The first kappa shape index (κ1) is 15.9. The van der Waals surface area contributed by atoms with Gasteiger partial charge < -0.3 is 20.0 Å². The number of H-pyrrole nitrogens is 2. The Balaban J connectivity index is 1.48. The largest absolute Gasteiger partial charge is 0.493 e. The Labute approximate surface area is 138 Å². The molecule has 1 heterocycles. The van der Waals surface area contributed by atoms with E-state index in [9.17, 15) is 9.59 Å². The second-order valence-electron chi connectivity index (χ2n) is 5.61. The predicted molar refractivity (Wildman–Crippen MR) is 93.5 cm³/mol. The molecule has 0 bridgehead atoms. The number of anilines is 1. The number of amides is 1. The Morgan fingerprint density at radius 2 is 1.92 bits per heavy atom. The quantitative estimate of drug-likeness (QED) is 0.609. The molecule has 6 nitrogen and oxygen atoms in total. The molecular weight excluding hydrogens is 306 g/mol. The lowest BCUT2D eigenvalue weighted by molar-refractivity contribution is -0.116. The van der Waals surface area contributed by atoms with E-state index in [-0.39, 0.29) is 11.6 Å². The lowest BCUT2D eigenvalue weighted by Gasteiger charge is -2.09. The lowest BCUT2D eigenvalue weighted by atomic mass is 10.2. The van der Waals surface area contributed by atoms with E-state index in [4.69, 9.17) is 4.74 Å². The number of aromatic amines is 2. The number of aromatic nitrogens is 2. The van der Waals surface area contributed by atoms with Crippen LogP contribution in [0.1, 0.15) is 18.4 Å². The van der Waals surface area contributed by atoms with Gasteiger partial charge in [0.2, 0.25) is 5.91 Å². The average molecular weight is 325 g/mol. The van der Waals surface area contributed by atoms with Crippen LogP contribution < -0.4 is 15.7 Å². The molecule has 0 saturated carbocycles. The molecule has 0 spiro atoms. The zero-order valence-corrected chi connectivity index (χ0v) is 13.4. The molecule has 3 aromatic rings. The molecular formula is C18H19N3O3. The van der Waals surface area contributed by atoms with Crippen LogP contribution in [0.2, 0.25) is 0 Å². The van der Waals surface area contributed by atoms with Crippen molar-refractivity contribution in [3.05, 3.63) is 58.5 Å². The number of rotatable bonds is 6. The molecule has 3 N–H and O–H groups in total. The van der Waals surface area contributed by atoms with E-state index >= 15 is 0 Å². The minimum atomic E-state index is -0.262. The standard InChI is InChI=1S/C18H19N3O3/c1-12-5-2-3-6-16(12)24-10-4-7-17(22)19-13-8-9-14-15(11-13)21-18(23)20-14/h2-3,5-6,8-9,11H,4,7,10H2,1H3,(H,19,22)(H2,20,21,23). The van der Waals surface area contributed by atoms with Crippen molar-refractivity contribution in [2.75, 3.05) is 11.9 Å². The fourth-order valence-electron chi connectivity index (χ4n) is 2.47. The second kappa shape index (κ2) is 7.04. The van der Waals surface area contributed by atoms with Gasteiger partial charge >= 0.3 is 5.69 Å². The highest BCUT2D eigenvalue weighted by Crippen LogP contribution is 2.17.